The first kappa shape index (κ1) is 23.7. The Morgan fingerprint density at radius 1 is 1.10 bits per heavy atom. The number of ether oxygens (including phenoxy) is 2. The number of hydrogen-bond acceptors (Lipinski definition) is 4. The molecule has 0 aromatic heterocycles. The smallest absolute Gasteiger partial charge is 0.169 e. The van der Waals surface area contributed by atoms with Crippen LogP contribution in [0.25, 0.3) is 0 Å². The lowest BCUT2D eigenvalue weighted by Crippen LogP contribution is -2.51. The molecule has 0 saturated carbocycles. The molecule has 6 heteroatoms. The molecule has 0 amide bonds. The van der Waals surface area contributed by atoms with Crippen molar-refractivity contribution in [3.05, 3.63) is 23.3 Å². The van der Waals surface area contributed by atoms with Crippen LogP contribution in [0.5, 0.6) is 11.5 Å². The van der Waals surface area contributed by atoms with Crippen LogP contribution in [-0.4, -0.2) is 61.9 Å². The number of unbranched alkanes of at least 4 members (excludes halogenated alkanes) is 1. The maximum absolute atomic E-state index is 5.67. The summed E-state index contributed by atoms with van der Waals surface area (Å²) in [6.45, 7) is 12.6. The Morgan fingerprint density at radius 2 is 1.76 bits per heavy atom. The normalized spacial score (nSPS) is 15.8. The van der Waals surface area contributed by atoms with Crippen molar-refractivity contribution in [1.29, 1.82) is 0 Å². The quantitative estimate of drug-likeness (QED) is 0.570. The Kier molecular flexibility index (Phi) is 10.0. The predicted octanol–water partition coefficient (Wildman–Crippen LogP) is 4.22. The third kappa shape index (κ3) is 7.03. The highest BCUT2D eigenvalue weighted by atomic mass is 32.1. The number of hydrogen-bond donors (Lipinski definition) is 1. The van der Waals surface area contributed by atoms with E-state index in [1.807, 2.05) is 0 Å². The lowest BCUT2D eigenvalue weighted by atomic mass is 9.99. The van der Waals surface area contributed by atoms with Gasteiger partial charge in [0.25, 0.3) is 0 Å². The summed E-state index contributed by atoms with van der Waals surface area (Å²) in [5, 5.41) is 4.44. The summed E-state index contributed by atoms with van der Waals surface area (Å²) >= 11 is 5.67. The summed E-state index contributed by atoms with van der Waals surface area (Å²) in [7, 11) is 3.37. The zero-order chi connectivity index (χ0) is 21.2. The Bertz CT molecular complexity index is 645. The number of benzene rings is 1. The van der Waals surface area contributed by atoms with E-state index in [1.165, 1.54) is 36.8 Å². The van der Waals surface area contributed by atoms with Crippen LogP contribution in [0.4, 0.5) is 0 Å². The molecule has 1 aromatic rings. The second-order valence-corrected chi connectivity index (χ2v) is 8.39. The molecule has 1 aliphatic rings. The highest BCUT2D eigenvalue weighted by Gasteiger charge is 2.20. The van der Waals surface area contributed by atoms with Gasteiger partial charge in [-0.05, 0) is 54.7 Å². The fraction of sp³-hybridized carbons (Fsp3) is 0.696. The number of rotatable bonds is 10. The van der Waals surface area contributed by atoms with Crippen LogP contribution < -0.4 is 14.8 Å². The highest BCUT2D eigenvalue weighted by molar-refractivity contribution is 7.80. The zero-order valence-corrected chi connectivity index (χ0v) is 19.7. The minimum atomic E-state index is 0.724. The van der Waals surface area contributed by atoms with Crippen molar-refractivity contribution in [2.75, 3.05) is 46.9 Å². The molecule has 0 aliphatic carbocycles. The first-order chi connectivity index (χ1) is 14.0. The summed E-state index contributed by atoms with van der Waals surface area (Å²) in [4.78, 5) is 4.81. The molecule has 1 fully saturated rings. The van der Waals surface area contributed by atoms with Gasteiger partial charge >= 0.3 is 0 Å². The van der Waals surface area contributed by atoms with E-state index in [9.17, 15) is 0 Å². The molecule has 2 rings (SSSR count). The van der Waals surface area contributed by atoms with E-state index in [1.54, 1.807) is 14.2 Å². The van der Waals surface area contributed by atoms with E-state index >= 15 is 0 Å². The number of methoxy groups -OCH3 is 2. The van der Waals surface area contributed by atoms with Crippen molar-refractivity contribution in [1.82, 2.24) is 15.1 Å². The summed E-state index contributed by atoms with van der Waals surface area (Å²) in [5.41, 5.74) is 2.53. The molecule has 1 saturated heterocycles. The van der Waals surface area contributed by atoms with Crippen LogP contribution in [-0.2, 0) is 6.54 Å². The number of nitrogens with zero attached hydrogens (tertiary/aromatic N) is 2. The fourth-order valence-electron chi connectivity index (χ4n) is 3.83. The fourth-order valence-corrected chi connectivity index (χ4v) is 4.10. The molecular weight excluding hydrogens is 382 g/mol. The van der Waals surface area contributed by atoms with Crippen LogP contribution in [0.15, 0.2) is 12.1 Å². The van der Waals surface area contributed by atoms with Gasteiger partial charge in [0.2, 0.25) is 0 Å². The largest absolute Gasteiger partial charge is 0.493 e. The second kappa shape index (κ2) is 12.2. The Balaban J connectivity index is 1.82. The topological polar surface area (TPSA) is 37.0 Å². The number of aryl methyl sites for hydroxylation is 1. The molecule has 1 heterocycles. The van der Waals surface area contributed by atoms with Crippen LogP contribution in [0.1, 0.15) is 50.7 Å². The van der Waals surface area contributed by atoms with Gasteiger partial charge in [-0.25, -0.2) is 0 Å². The standard InChI is InChI=1S/C23H39N3O2S/c1-6-8-9-19(7-2)16-24-23(29)26-12-10-25(11-13-26)17-20-15-22(28-5)21(27-4)14-18(20)3/h14-15,19H,6-13,16-17H2,1-5H3,(H,24,29)/t19-/m1/s1. The molecule has 1 N–H and O–H groups in total. The molecule has 0 radical (unpaired) electrons. The van der Waals surface area contributed by atoms with Crippen molar-refractivity contribution in [3.63, 3.8) is 0 Å². The lowest BCUT2D eigenvalue weighted by molar-refractivity contribution is 0.173. The molecule has 5 nitrogen and oxygen atoms in total. The van der Waals surface area contributed by atoms with Crippen molar-refractivity contribution < 1.29 is 9.47 Å². The summed E-state index contributed by atoms with van der Waals surface area (Å²) in [6.07, 6.45) is 5.08. The van der Waals surface area contributed by atoms with Gasteiger partial charge in [-0.15, -0.1) is 0 Å². The summed E-state index contributed by atoms with van der Waals surface area (Å²) in [5.74, 6) is 2.31. The van der Waals surface area contributed by atoms with E-state index in [0.717, 1.165) is 61.8 Å². The number of nitrogens with one attached hydrogen (secondary N) is 1. The highest BCUT2D eigenvalue weighted by Crippen LogP contribution is 2.31. The van der Waals surface area contributed by atoms with Crippen LogP contribution in [0.3, 0.4) is 0 Å². The van der Waals surface area contributed by atoms with E-state index in [4.69, 9.17) is 21.7 Å². The van der Waals surface area contributed by atoms with Gasteiger partial charge in [0.15, 0.2) is 16.6 Å². The van der Waals surface area contributed by atoms with Crippen LogP contribution in [0, 0.1) is 12.8 Å². The van der Waals surface area contributed by atoms with Crippen molar-refractivity contribution >= 4 is 17.3 Å². The van der Waals surface area contributed by atoms with Gasteiger partial charge in [-0.2, -0.15) is 0 Å². The van der Waals surface area contributed by atoms with Crippen LogP contribution in [0.2, 0.25) is 0 Å². The molecule has 0 spiro atoms. The maximum Gasteiger partial charge on any atom is 0.169 e. The third-order valence-electron chi connectivity index (χ3n) is 5.98. The molecule has 1 aromatic carbocycles. The van der Waals surface area contributed by atoms with E-state index < -0.39 is 0 Å². The first-order valence-electron chi connectivity index (χ1n) is 11.0. The molecule has 29 heavy (non-hydrogen) atoms. The van der Waals surface area contributed by atoms with E-state index in [-0.39, 0.29) is 0 Å². The van der Waals surface area contributed by atoms with E-state index in [2.05, 4.69) is 48.0 Å². The van der Waals surface area contributed by atoms with Gasteiger partial charge in [-0.3, -0.25) is 4.90 Å². The van der Waals surface area contributed by atoms with E-state index in [0.29, 0.717) is 0 Å². The monoisotopic (exact) mass is 421 g/mol. The Hall–Kier alpha value is -1.53. The summed E-state index contributed by atoms with van der Waals surface area (Å²) in [6, 6.07) is 4.17. The summed E-state index contributed by atoms with van der Waals surface area (Å²) < 4.78 is 10.9. The van der Waals surface area contributed by atoms with Gasteiger partial charge in [0.05, 0.1) is 14.2 Å². The molecule has 0 bridgehead atoms. The van der Waals surface area contributed by atoms with Gasteiger partial charge in [-0.1, -0.05) is 33.1 Å². The van der Waals surface area contributed by atoms with Crippen molar-refractivity contribution in [2.45, 2.75) is 53.0 Å². The van der Waals surface area contributed by atoms with Gasteiger partial charge in [0, 0.05) is 39.3 Å². The Labute approximate surface area is 182 Å². The predicted molar refractivity (Wildman–Crippen MR) is 125 cm³/mol. The molecule has 0 unspecified atom stereocenters. The molecule has 1 atom stereocenters. The first-order valence-corrected chi connectivity index (χ1v) is 11.4. The average molecular weight is 422 g/mol. The molecule has 1 aliphatic heterocycles. The SMILES string of the molecule is CCCC[C@@H](CC)CNC(=S)N1CCN(Cc2cc(OC)c(OC)cc2C)CC1. The number of thiocarbonyl (C=S) groups is 1. The maximum atomic E-state index is 5.67. The number of piperazine rings is 1. The average Bonchev–Trinajstić information content (AvgIpc) is 2.75. The van der Waals surface area contributed by atoms with Crippen molar-refractivity contribution in [2.24, 2.45) is 5.92 Å². The third-order valence-corrected chi connectivity index (χ3v) is 6.38. The second-order valence-electron chi connectivity index (χ2n) is 8.00. The minimum absolute atomic E-state index is 0.724. The van der Waals surface area contributed by atoms with Crippen molar-refractivity contribution in [3.8, 4) is 11.5 Å². The lowest BCUT2D eigenvalue weighted by Gasteiger charge is -2.36. The minimum Gasteiger partial charge on any atom is -0.493 e. The van der Waals surface area contributed by atoms with Gasteiger partial charge < -0.3 is 19.7 Å². The Morgan fingerprint density at radius 3 is 2.34 bits per heavy atom. The molecular formula is C23H39N3O2S. The van der Waals surface area contributed by atoms with Crippen LogP contribution >= 0.6 is 12.2 Å². The zero-order valence-electron chi connectivity index (χ0n) is 18.9. The molecule has 164 valence electrons. The van der Waals surface area contributed by atoms with Gasteiger partial charge in [0.1, 0.15) is 0 Å².